The van der Waals surface area contributed by atoms with Crippen molar-refractivity contribution in [2.45, 2.75) is 75.5 Å². The first-order valence-electron chi connectivity index (χ1n) is 13.4. The van der Waals surface area contributed by atoms with Crippen LogP contribution in [0, 0.1) is 23.5 Å². The Hall–Kier alpha value is -1.81. The lowest BCUT2D eigenvalue weighted by Crippen LogP contribution is -2.57. The predicted octanol–water partition coefficient (Wildman–Crippen LogP) is 3.53. The van der Waals surface area contributed by atoms with Gasteiger partial charge in [0, 0.05) is 44.8 Å². The van der Waals surface area contributed by atoms with Crippen LogP contribution in [-0.2, 0) is 10.3 Å². The van der Waals surface area contributed by atoms with Gasteiger partial charge in [0.15, 0.2) is 11.6 Å². The van der Waals surface area contributed by atoms with E-state index in [1.165, 1.54) is 12.1 Å². The third kappa shape index (κ3) is 6.94. The zero-order valence-corrected chi connectivity index (χ0v) is 21.6. The second kappa shape index (κ2) is 13.7. The molecule has 1 aromatic carbocycles. The van der Waals surface area contributed by atoms with E-state index in [4.69, 9.17) is 4.74 Å². The molecule has 1 saturated carbocycles. The first-order valence-corrected chi connectivity index (χ1v) is 13.4. The number of rotatable bonds is 12. The Morgan fingerprint density at radius 2 is 1.97 bits per heavy atom. The average molecular weight is 512 g/mol. The van der Waals surface area contributed by atoms with Gasteiger partial charge in [0.25, 0.3) is 0 Å². The maximum Gasteiger partial charge on any atom is 0.317 e. The van der Waals surface area contributed by atoms with Crippen LogP contribution >= 0.6 is 0 Å². The van der Waals surface area contributed by atoms with E-state index in [2.05, 4.69) is 10.6 Å². The second-order valence-corrected chi connectivity index (χ2v) is 10.4. The van der Waals surface area contributed by atoms with Gasteiger partial charge in [-0.25, -0.2) is 13.6 Å². The maximum atomic E-state index is 14.9. The van der Waals surface area contributed by atoms with Gasteiger partial charge < -0.3 is 30.5 Å². The van der Waals surface area contributed by atoms with E-state index < -0.39 is 35.3 Å². The molecule has 2 aliphatic rings. The quantitative estimate of drug-likeness (QED) is 0.322. The van der Waals surface area contributed by atoms with Crippen LogP contribution in [0.5, 0.6) is 0 Å². The van der Waals surface area contributed by atoms with Crippen LogP contribution in [0.2, 0.25) is 0 Å². The summed E-state index contributed by atoms with van der Waals surface area (Å²) in [7, 11) is 3.38. The summed E-state index contributed by atoms with van der Waals surface area (Å²) >= 11 is 0. The molecule has 1 aliphatic carbocycles. The fourth-order valence-corrected chi connectivity index (χ4v) is 5.94. The summed E-state index contributed by atoms with van der Waals surface area (Å²) in [6.45, 7) is 1.67. The molecule has 1 heterocycles. The highest BCUT2D eigenvalue weighted by molar-refractivity contribution is 5.74. The summed E-state index contributed by atoms with van der Waals surface area (Å²) in [5.41, 5.74) is -1.68. The maximum absolute atomic E-state index is 14.9. The van der Waals surface area contributed by atoms with Gasteiger partial charge in [0.2, 0.25) is 0 Å². The molecule has 4 atom stereocenters. The van der Waals surface area contributed by atoms with Gasteiger partial charge in [-0.05, 0) is 64.0 Å². The molecule has 9 heteroatoms. The highest BCUT2D eigenvalue weighted by atomic mass is 19.2. The zero-order valence-electron chi connectivity index (χ0n) is 21.6. The number of unbranched alkanes of at least 4 members (excludes halogenated alkanes) is 1. The van der Waals surface area contributed by atoms with Crippen molar-refractivity contribution in [3.05, 3.63) is 35.4 Å². The molecular formula is C27H43F2N3O4. The molecule has 204 valence electrons. The molecule has 3 rings (SSSR count). The van der Waals surface area contributed by atoms with E-state index in [9.17, 15) is 23.8 Å². The number of hydrogen-bond acceptors (Lipinski definition) is 5. The molecular weight excluding hydrogens is 468 g/mol. The first-order chi connectivity index (χ1) is 17.3. The van der Waals surface area contributed by atoms with Gasteiger partial charge >= 0.3 is 6.03 Å². The Bertz CT molecular complexity index is 839. The molecule has 1 unspecified atom stereocenters. The largest absolute Gasteiger partial charge is 0.391 e. The van der Waals surface area contributed by atoms with E-state index in [0.29, 0.717) is 45.4 Å². The number of carbonyl (C=O) groups excluding carboxylic acids is 1. The lowest BCUT2D eigenvalue weighted by molar-refractivity contribution is -0.0594. The minimum absolute atomic E-state index is 0.0584. The number of halogens is 2. The molecule has 2 amide bonds. The Balaban J connectivity index is 1.75. The summed E-state index contributed by atoms with van der Waals surface area (Å²) in [5, 5.41) is 28.8. The normalized spacial score (nSPS) is 22.3. The summed E-state index contributed by atoms with van der Waals surface area (Å²) < 4.78 is 34.1. The van der Waals surface area contributed by atoms with E-state index in [1.807, 2.05) is 0 Å². The van der Waals surface area contributed by atoms with Crippen molar-refractivity contribution in [1.29, 1.82) is 0 Å². The van der Waals surface area contributed by atoms with Crippen molar-refractivity contribution < 1.29 is 28.5 Å². The number of amides is 2. The molecule has 2 fully saturated rings. The second-order valence-electron chi connectivity index (χ2n) is 10.4. The van der Waals surface area contributed by atoms with Crippen LogP contribution in [-0.4, -0.2) is 73.7 Å². The van der Waals surface area contributed by atoms with Crippen LogP contribution in [0.1, 0.15) is 63.4 Å². The van der Waals surface area contributed by atoms with E-state index in [-0.39, 0.29) is 30.5 Å². The van der Waals surface area contributed by atoms with Gasteiger partial charge in [0.05, 0.1) is 17.7 Å². The monoisotopic (exact) mass is 511 g/mol. The molecule has 36 heavy (non-hydrogen) atoms. The molecule has 0 bridgehead atoms. The van der Waals surface area contributed by atoms with Gasteiger partial charge in [-0.2, -0.15) is 0 Å². The Labute approximate surface area is 213 Å². The number of piperidine rings is 1. The standard InChI is InChI=1S/C27H43F2N3O4/c1-30-17-23(25(33)19-9-3-4-10-19)31-26(34)32-15-8-11-20(18-32)27(35,14-5-6-16-36-2)21-12-7-13-22(28)24(21)29/h7,12-13,19-20,23,25,30,33,35H,3-6,8-11,14-18H2,1-2H3,(H,31,34)/t20?,23-,25+,27+/m1/s1. The topological polar surface area (TPSA) is 94.1 Å². The van der Waals surface area contributed by atoms with Gasteiger partial charge in [-0.3, -0.25) is 0 Å². The number of aliphatic hydroxyl groups is 2. The fourth-order valence-electron chi connectivity index (χ4n) is 5.94. The predicted molar refractivity (Wildman–Crippen MR) is 134 cm³/mol. The number of carbonyl (C=O) groups is 1. The number of nitrogens with one attached hydrogen (secondary N) is 2. The van der Waals surface area contributed by atoms with Crippen LogP contribution in [0.4, 0.5) is 13.6 Å². The summed E-state index contributed by atoms with van der Waals surface area (Å²) in [5.74, 6) is -2.32. The fraction of sp³-hybridized carbons (Fsp3) is 0.741. The van der Waals surface area contributed by atoms with Crippen LogP contribution < -0.4 is 10.6 Å². The summed E-state index contributed by atoms with van der Waals surface area (Å²) in [6.07, 6.45) is 6.17. The molecule has 1 aromatic rings. The number of urea groups is 1. The number of hydrogen-bond donors (Lipinski definition) is 4. The number of benzene rings is 1. The van der Waals surface area contributed by atoms with Gasteiger partial charge in [0.1, 0.15) is 0 Å². The van der Waals surface area contributed by atoms with E-state index in [1.54, 1.807) is 19.1 Å². The lowest BCUT2D eigenvalue weighted by Gasteiger charge is -2.43. The number of nitrogens with zero attached hydrogens (tertiary/aromatic N) is 1. The van der Waals surface area contributed by atoms with Gasteiger partial charge in [-0.15, -0.1) is 0 Å². The smallest absolute Gasteiger partial charge is 0.317 e. The van der Waals surface area contributed by atoms with E-state index in [0.717, 1.165) is 31.7 Å². The van der Waals surface area contributed by atoms with Crippen LogP contribution in [0.25, 0.3) is 0 Å². The molecule has 1 saturated heterocycles. The van der Waals surface area contributed by atoms with Crippen molar-refractivity contribution in [3.63, 3.8) is 0 Å². The zero-order chi connectivity index (χ0) is 26.1. The van der Waals surface area contributed by atoms with Crippen LogP contribution in [0.3, 0.4) is 0 Å². The molecule has 0 spiro atoms. The highest BCUT2D eigenvalue weighted by Gasteiger charge is 2.43. The number of likely N-dealkylation sites (N-methyl/N-ethyl adjacent to an activating group) is 1. The van der Waals surface area contributed by atoms with Gasteiger partial charge in [-0.1, -0.05) is 25.0 Å². The Morgan fingerprint density at radius 3 is 2.67 bits per heavy atom. The van der Waals surface area contributed by atoms with Crippen molar-refractivity contribution >= 4 is 6.03 Å². The summed E-state index contributed by atoms with van der Waals surface area (Å²) in [4.78, 5) is 14.9. The third-order valence-electron chi connectivity index (χ3n) is 7.99. The molecule has 7 nitrogen and oxygen atoms in total. The minimum atomic E-state index is -1.62. The molecule has 4 N–H and O–H groups in total. The highest BCUT2D eigenvalue weighted by Crippen LogP contribution is 2.41. The minimum Gasteiger partial charge on any atom is -0.391 e. The molecule has 0 radical (unpaired) electrons. The third-order valence-corrected chi connectivity index (χ3v) is 7.99. The molecule has 1 aliphatic heterocycles. The SMILES string of the molecule is CNC[C@@H](NC(=O)N1CCCC([C@@](O)(CCCCOC)c2cccc(F)c2F)C1)[C@@H](O)C1CCCC1. The van der Waals surface area contributed by atoms with Crippen molar-refractivity contribution in [1.82, 2.24) is 15.5 Å². The first kappa shape index (κ1) is 28.8. The Morgan fingerprint density at radius 1 is 1.22 bits per heavy atom. The van der Waals surface area contributed by atoms with Crippen molar-refractivity contribution in [3.8, 4) is 0 Å². The van der Waals surface area contributed by atoms with Crippen LogP contribution in [0.15, 0.2) is 18.2 Å². The van der Waals surface area contributed by atoms with Crippen molar-refractivity contribution in [2.75, 3.05) is 40.4 Å². The van der Waals surface area contributed by atoms with Crippen molar-refractivity contribution in [2.24, 2.45) is 11.8 Å². The van der Waals surface area contributed by atoms with E-state index >= 15 is 0 Å². The number of ether oxygens (including phenoxy) is 1. The number of aliphatic hydroxyl groups excluding tert-OH is 1. The molecule has 0 aromatic heterocycles. The average Bonchev–Trinajstić information content (AvgIpc) is 3.42. The number of methoxy groups -OCH3 is 1. The summed E-state index contributed by atoms with van der Waals surface area (Å²) in [6, 6.07) is 3.16. The lowest BCUT2D eigenvalue weighted by atomic mass is 9.74. The Kier molecular flexibility index (Phi) is 10.9. The number of likely N-dealkylation sites (tertiary alicyclic amines) is 1.